The first-order chi connectivity index (χ1) is 15.9. The number of carbonyl (C=O) groups is 3. The van der Waals surface area contributed by atoms with Gasteiger partial charge in [-0.15, -0.1) is 11.3 Å². The van der Waals surface area contributed by atoms with E-state index in [-0.39, 0.29) is 24.1 Å². The molecule has 0 radical (unpaired) electrons. The van der Waals surface area contributed by atoms with Gasteiger partial charge < -0.3 is 14.6 Å². The van der Waals surface area contributed by atoms with Crippen LogP contribution in [0.2, 0.25) is 0 Å². The molecule has 10 nitrogen and oxygen atoms in total. The number of nitrogens with zero attached hydrogens (tertiary/aromatic N) is 4. The molecule has 1 aliphatic heterocycles. The number of hydrogen-bond acceptors (Lipinski definition) is 7. The highest BCUT2D eigenvalue weighted by Crippen LogP contribution is 2.21. The van der Waals surface area contributed by atoms with Gasteiger partial charge in [-0.05, 0) is 31.7 Å². The number of thiazole rings is 1. The van der Waals surface area contributed by atoms with Crippen molar-refractivity contribution in [3.05, 3.63) is 52.7 Å². The molecular formula is C22H26N6O4S. The molecule has 0 atom stereocenters. The molecule has 3 aromatic heterocycles. The molecule has 3 amide bonds. The summed E-state index contributed by atoms with van der Waals surface area (Å²) in [5, 5.41) is 11.9. The zero-order chi connectivity index (χ0) is 23.4. The summed E-state index contributed by atoms with van der Waals surface area (Å²) in [4.78, 5) is 43.4. The Balaban J connectivity index is 1.20. The average molecular weight is 471 g/mol. The fourth-order valence-electron chi connectivity index (χ4n) is 3.76. The van der Waals surface area contributed by atoms with Crippen LogP contribution in [0.5, 0.6) is 0 Å². The fourth-order valence-corrected chi connectivity index (χ4v) is 4.47. The Morgan fingerprint density at radius 2 is 2.03 bits per heavy atom. The van der Waals surface area contributed by atoms with Crippen LogP contribution in [0, 0.1) is 12.8 Å². The Morgan fingerprint density at radius 1 is 1.24 bits per heavy atom. The predicted octanol–water partition coefficient (Wildman–Crippen LogP) is 2.24. The van der Waals surface area contributed by atoms with Gasteiger partial charge in [0.15, 0.2) is 5.13 Å². The first-order valence-corrected chi connectivity index (χ1v) is 11.6. The number of carbonyl (C=O) groups excluding carboxylic acids is 3. The van der Waals surface area contributed by atoms with Crippen molar-refractivity contribution >= 4 is 34.2 Å². The number of aryl methyl sites for hydroxylation is 2. The molecule has 0 unspecified atom stereocenters. The van der Waals surface area contributed by atoms with Gasteiger partial charge in [0, 0.05) is 38.3 Å². The van der Waals surface area contributed by atoms with Crippen molar-refractivity contribution in [2.75, 3.05) is 25.0 Å². The van der Waals surface area contributed by atoms with Crippen molar-refractivity contribution in [1.29, 1.82) is 0 Å². The Morgan fingerprint density at radius 3 is 2.70 bits per heavy atom. The summed E-state index contributed by atoms with van der Waals surface area (Å²) in [5.74, 6) is 0.477. The van der Waals surface area contributed by atoms with Crippen LogP contribution in [0.15, 0.2) is 34.5 Å². The second-order valence-corrected chi connectivity index (χ2v) is 8.96. The number of rotatable bonds is 7. The lowest BCUT2D eigenvalue weighted by Crippen LogP contribution is -2.42. The lowest BCUT2D eigenvalue weighted by atomic mass is 9.96. The highest BCUT2D eigenvalue weighted by Gasteiger charge is 2.24. The number of nitrogens with one attached hydrogen (secondary N) is 2. The van der Waals surface area contributed by atoms with Gasteiger partial charge in [-0.1, -0.05) is 0 Å². The van der Waals surface area contributed by atoms with E-state index in [4.69, 9.17) is 4.42 Å². The van der Waals surface area contributed by atoms with Gasteiger partial charge in [0.25, 0.3) is 11.8 Å². The van der Waals surface area contributed by atoms with Crippen LogP contribution in [0.1, 0.15) is 45.0 Å². The van der Waals surface area contributed by atoms with Crippen LogP contribution < -0.4 is 10.6 Å². The minimum atomic E-state index is -0.286. The summed E-state index contributed by atoms with van der Waals surface area (Å²) in [6.07, 6.45) is 6.56. The van der Waals surface area contributed by atoms with Crippen LogP contribution in [0.3, 0.4) is 0 Å². The first kappa shape index (κ1) is 22.7. The highest BCUT2D eigenvalue weighted by molar-refractivity contribution is 7.14. The molecule has 0 saturated carbocycles. The monoisotopic (exact) mass is 470 g/mol. The second kappa shape index (κ2) is 9.99. The molecule has 11 heteroatoms. The minimum absolute atomic E-state index is 0.0155. The molecule has 2 N–H and O–H groups in total. The third kappa shape index (κ3) is 5.67. The van der Waals surface area contributed by atoms with Crippen molar-refractivity contribution in [2.24, 2.45) is 13.0 Å². The minimum Gasteiger partial charge on any atom is -0.469 e. The largest absolute Gasteiger partial charge is 0.469 e. The maximum Gasteiger partial charge on any atom is 0.260 e. The average Bonchev–Trinajstić information content (AvgIpc) is 3.54. The van der Waals surface area contributed by atoms with Crippen LogP contribution in [0.4, 0.5) is 5.13 Å². The first-order valence-electron chi connectivity index (χ1n) is 10.7. The zero-order valence-corrected chi connectivity index (χ0v) is 19.4. The molecule has 1 fully saturated rings. The van der Waals surface area contributed by atoms with Crippen LogP contribution in [-0.4, -0.2) is 57.0 Å². The van der Waals surface area contributed by atoms with Crippen molar-refractivity contribution < 1.29 is 18.8 Å². The van der Waals surface area contributed by atoms with Gasteiger partial charge in [-0.25, -0.2) is 4.98 Å². The van der Waals surface area contributed by atoms with E-state index in [1.807, 2.05) is 4.90 Å². The standard InChI is InChI=1S/C22H26N6O4S/c1-14-18(5-8-32-14)21(31)26-22-25-17(13-33-22)9-19(29)28-6-3-15(4-7-28)10-23-20(30)16-11-24-27(2)12-16/h5,8,11-13,15H,3-4,6-7,9-10H2,1-2H3,(H,23,30)(H,25,26,31). The molecule has 0 spiro atoms. The summed E-state index contributed by atoms with van der Waals surface area (Å²) in [6, 6.07) is 1.61. The number of likely N-dealkylation sites (tertiary alicyclic amines) is 1. The molecule has 0 bridgehead atoms. The number of amides is 3. The molecule has 0 aromatic carbocycles. The van der Waals surface area contributed by atoms with Crippen molar-refractivity contribution in [3.63, 3.8) is 0 Å². The van der Waals surface area contributed by atoms with Gasteiger partial charge in [-0.2, -0.15) is 5.10 Å². The summed E-state index contributed by atoms with van der Waals surface area (Å²) >= 11 is 1.29. The normalized spacial score (nSPS) is 14.3. The molecule has 0 aliphatic carbocycles. The lowest BCUT2D eigenvalue weighted by Gasteiger charge is -2.32. The number of aromatic nitrogens is 3. The summed E-state index contributed by atoms with van der Waals surface area (Å²) in [6.45, 7) is 3.61. The van der Waals surface area contributed by atoms with Gasteiger partial charge in [-0.3, -0.25) is 24.4 Å². The second-order valence-electron chi connectivity index (χ2n) is 8.10. The van der Waals surface area contributed by atoms with E-state index < -0.39 is 0 Å². The number of anilines is 1. The summed E-state index contributed by atoms with van der Waals surface area (Å²) < 4.78 is 6.75. The van der Waals surface area contributed by atoms with E-state index in [0.717, 1.165) is 12.8 Å². The lowest BCUT2D eigenvalue weighted by molar-refractivity contribution is -0.131. The molecule has 174 valence electrons. The summed E-state index contributed by atoms with van der Waals surface area (Å²) in [5.41, 5.74) is 1.64. The fraction of sp³-hybridized carbons (Fsp3) is 0.409. The van der Waals surface area contributed by atoms with E-state index >= 15 is 0 Å². The van der Waals surface area contributed by atoms with E-state index in [0.29, 0.717) is 53.3 Å². The molecule has 1 saturated heterocycles. The molecule has 3 aromatic rings. The number of piperidine rings is 1. The predicted molar refractivity (Wildman–Crippen MR) is 122 cm³/mol. The Labute approximate surface area is 195 Å². The zero-order valence-electron chi connectivity index (χ0n) is 18.5. The molecule has 4 rings (SSSR count). The smallest absolute Gasteiger partial charge is 0.260 e. The topological polar surface area (TPSA) is 122 Å². The van der Waals surface area contributed by atoms with Gasteiger partial charge >= 0.3 is 0 Å². The molecule has 4 heterocycles. The SMILES string of the molecule is Cc1occc1C(=O)Nc1nc(CC(=O)N2CCC(CNC(=O)c3cnn(C)c3)CC2)cs1. The van der Waals surface area contributed by atoms with Crippen LogP contribution in [0.25, 0.3) is 0 Å². The van der Waals surface area contributed by atoms with Crippen molar-refractivity contribution in [2.45, 2.75) is 26.2 Å². The Bertz CT molecular complexity index is 1140. The Hall–Kier alpha value is -3.47. The Kier molecular flexibility index (Phi) is 6.87. The quantitative estimate of drug-likeness (QED) is 0.546. The van der Waals surface area contributed by atoms with Gasteiger partial charge in [0.1, 0.15) is 5.76 Å². The molecule has 33 heavy (non-hydrogen) atoms. The van der Waals surface area contributed by atoms with E-state index in [1.165, 1.54) is 17.6 Å². The maximum absolute atomic E-state index is 12.7. The van der Waals surface area contributed by atoms with E-state index in [2.05, 4.69) is 20.7 Å². The van der Waals surface area contributed by atoms with Crippen molar-refractivity contribution in [1.82, 2.24) is 25.0 Å². The molecular weight excluding hydrogens is 444 g/mol. The maximum atomic E-state index is 12.7. The van der Waals surface area contributed by atoms with Crippen LogP contribution in [-0.2, 0) is 18.3 Å². The summed E-state index contributed by atoms with van der Waals surface area (Å²) in [7, 11) is 1.77. The number of furan rings is 1. The van der Waals surface area contributed by atoms with Crippen LogP contribution >= 0.6 is 11.3 Å². The van der Waals surface area contributed by atoms with Crippen molar-refractivity contribution in [3.8, 4) is 0 Å². The van der Waals surface area contributed by atoms with E-state index in [1.54, 1.807) is 42.5 Å². The molecule has 1 aliphatic rings. The third-order valence-electron chi connectivity index (χ3n) is 5.69. The number of hydrogen-bond donors (Lipinski definition) is 2. The van der Waals surface area contributed by atoms with Gasteiger partial charge in [0.05, 0.1) is 35.7 Å². The van der Waals surface area contributed by atoms with Gasteiger partial charge in [0.2, 0.25) is 5.91 Å². The third-order valence-corrected chi connectivity index (χ3v) is 6.50. The van der Waals surface area contributed by atoms with E-state index in [9.17, 15) is 14.4 Å². The highest BCUT2D eigenvalue weighted by atomic mass is 32.1.